The lowest BCUT2D eigenvalue weighted by molar-refractivity contribution is 0.155. The van der Waals surface area contributed by atoms with E-state index in [0.717, 1.165) is 19.0 Å². The third-order valence-corrected chi connectivity index (χ3v) is 5.49. The predicted octanol–water partition coefficient (Wildman–Crippen LogP) is 3.80. The third kappa shape index (κ3) is 3.26. The molecular weight excluding hydrogens is 312 g/mol. The summed E-state index contributed by atoms with van der Waals surface area (Å²) in [4.78, 5) is 2.67. The molecule has 110 valence electrons. The maximum atomic E-state index is 3.83. The second-order valence-corrected chi connectivity index (χ2v) is 7.71. The molecule has 1 saturated carbocycles. The van der Waals surface area contributed by atoms with Crippen molar-refractivity contribution in [1.82, 2.24) is 10.2 Å². The van der Waals surface area contributed by atoms with E-state index in [4.69, 9.17) is 0 Å². The van der Waals surface area contributed by atoms with Crippen molar-refractivity contribution in [2.24, 2.45) is 5.92 Å². The number of benzene rings is 1. The van der Waals surface area contributed by atoms with Gasteiger partial charge in [0.25, 0.3) is 0 Å². The standard InChI is InChI=1S/C17H25BrN2/c1-13-8-9-19-17(2,15-6-7-15)12-20(13)11-14-4-3-5-16(18)10-14/h3-5,10,13,15,19H,6-9,11-12H2,1-2H3. The fourth-order valence-electron chi connectivity index (χ4n) is 3.46. The van der Waals surface area contributed by atoms with Gasteiger partial charge in [0.1, 0.15) is 0 Å². The Kier molecular flexibility index (Phi) is 4.21. The van der Waals surface area contributed by atoms with Crippen LogP contribution in [0.2, 0.25) is 0 Å². The van der Waals surface area contributed by atoms with Crippen LogP contribution < -0.4 is 5.32 Å². The van der Waals surface area contributed by atoms with Crippen LogP contribution in [0.1, 0.15) is 38.7 Å². The molecule has 1 saturated heterocycles. The summed E-state index contributed by atoms with van der Waals surface area (Å²) in [5.74, 6) is 0.887. The lowest BCUT2D eigenvalue weighted by Gasteiger charge is -2.36. The van der Waals surface area contributed by atoms with E-state index in [-0.39, 0.29) is 0 Å². The van der Waals surface area contributed by atoms with E-state index in [1.165, 1.54) is 35.8 Å². The van der Waals surface area contributed by atoms with Gasteiger partial charge >= 0.3 is 0 Å². The van der Waals surface area contributed by atoms with Crippen LogP contribution in [0.25, 0.3) is 0 Å². The molecule has 2 nitrogen and oxygen atoms in total. The van der Waals surface area contributed by atoms with E-state index in [2.05, 4.69) is 64.3 Å². The smallest absolute Gasteiger partial charge is 0.0308 e. The van der Waals surface area contributed by atoms with E-state index < -0.39 is 0 Å². The van der Waals surface area contributed by atoms with Crippen LogP contribution in [0.5, 0.6) is 0 Å². The van der Waals surface area contributed by atoms with E-state index in [9.17, 15) is 0 Å². The molecule has 0 spiro atoms. The van der Waals surface area contributed by atoms with Crippen LogP contribution in [0.15, 0.2) is 28.7 Å². The Bertz CT molecular complexity index is 472. The molecule has 1 N–H and O–H groups in total. The minimum absolute atomic E-state index is 0.316. The highest BCUT2D eigenvalue weighted by molar-refractivity contribution is 9.10. The molecule has 20 heavy (non-hydrogen) atoms. The molecule has 0 aromatic heterocycles. The molecule has 2 atom stereocenters. The monoisotopic (exact) mass is 336 g/mol. The van der Waals surface area contributed by atoms with Crippen molar-refractivity contribution in [3.63, 3.8) is 0 Å². The fraction of sp³-hybridized carbons (Fsp3) is 0.647. The van der Waals surface area contributed by atoms with Gasteiger partial charge < -0.3 is 5.32 Å². The number of nitrogens with zero attached hydrogens (tertiary/aromatic N) is 1. The molecule has 2 unspecified atom stereocenters. The van der Waals surface area contributed by atoms with Crippen molar-refractivity contribution >= 4 is 15.9 Å². The van der Waals surface area contributed by atoms with Crippen molar-refractivity contribution < 1.29 is 0 Å². The SMILES string of the molecule is CC1CCNC(C)(C2CC2)CN1Cc1cccc(Br)c1. The first kappa shape index (κ1) is 14.6. The molecule has 1 aliphatic carbocycles. The first-order chi connectivity index (χ1) is 9.57. The second kappa shape index (κ2) is 5.78. The Morgan fingerprint density at radius 1 is 1.35 bits per heavy atom. The van der Waals surface area contributed by atoms with Crippen LogP contribution in [0, 0.1) is 5.92 Å². The van der Waals surface area contributed by atoms with Gasteiger partial charge in [0.05, 0.1) is 0 Å². The van der Waals surface area contributed by atoms with Crippen LogP contribution >= 0.6 is 15.9 Å². The van der Waals surface area contributed by atoms with Gasteiger partial charge in [-0.25, -0.2) is 0 Å². The first-order valence-corrected chi connectivity index (χ1v) is 8.60. The summed E-state index contributed by atoms with van der Waals surface area (Å²) < 4.78 is 1.18. The van der Waals surface area contributed by atoms with Gasteiger partial charge in [-0.2, -0.15) is 0 Å². The molecule has 3 rings (SSSR count). The zero-order valence-electron chi connectivity index (χ0n) is 12.5. The highest BCUT2D eigenvalue weighted by Crippen LogP contribution is 2.41. The lowest BCUT2D eigenvalue weighted by Crippen LogP contribution is -2.51. The van der Waals surface area contributed by atoms with Gasteiger partial charge in [-0.1, -0.05) is 28.1 Å². The van der Waals surface area contributed by atoms with Gasteiger partial charge in [0.15, 0.2) is 0 Å². The molecule has 2 fully saturated rings. The Morgan fingerprint density at radius 2 is 2.15 bits per heavy atom. The van der Waals surface area contributed by atoms with Crippen molar-refractivity contribution in [2.45, 2.75) is 51.2 Å². The van der Waals surface area contributed by atoms with Crippen molar-refractivity contribution in [1.29, 1.82) is 0 Å². The summed E-state index contributed by atoms with van der Waals surface area (Å²) >= 11 is 3.58. The summed E-state index contributed by atoms with van der Waals surface area (Å²) in [6.45, 7) is 8.19. The van der Waals surface area contributed by atoms with Gasteiger partial charge in [-0.15, -0.1) is 0 Å². The molecule has 0 amide bonds. The lowest BCUT2D eigenvalue weighted by atomic mass is 9.95. The zero-order chi connectivity index (χ0) is 14.2. The summed E-state index contributed by atoms with van der Waals surface area (Å²) in [5.41, 5.74) is 1.72. The molecular formula is C17H25BrN2. The Labute approximate surface area is 131 Å². The predicted molar refractivity (Wildman–Crippen MR) is 87.8 cm³/mol. The maximum absolute atomic E-state index is 3.83. The summed E-state index contributed by atoms with van der Waals surface area (Å²) in [6.07, 6.45) is 4.06. The van der Waals surface area contributed by atoms with Crippen molar-refractivity contribution in [2.75, 3.05) is 13.1 Å². The van der Waals surface area contributed by atoms with Gasteiger partial charge in [0.2, 0.25) is 0 Å². The number of nitrogens with one attached hydrogen (secondary N) is 1. The molecule has 1 aromatic rings. The Morgan fingerprint density at radius 3 is 2.85 bits per heavy atom. The second-order valence-electron chi connectivity index (χ2n) is 6.79. The first-order valence-electron chi connectivity index (χ1n) is 7.80. The largest absolute Gasteiger partial charge is 0.310 e. The number of hydrogen-bond donors (Lipinski definition) is 1. The normalized spacial score (nSPS) is 32.0. The van der Waals surface area contributed by atoms with E-state index in [0.29, 0.717) is 11.6 Å². The van der Waals surface area contributed by atoms with Crippen LogP contribution in [0.3, 0.4) is 0 Å². The number of halogens is 1. The summed E-state index contributed by atoms with van der Waals surface area (Å²) in [6, 6.07) is 9.39. The highest BCUT2D eigenvalue weighted by Gasteiger charge is 2.43. The fourth-order valence-corrected chi connectivity index (χ4v) is 3.90. The summed E-state index contributed by atoms with van der Waals surface area (Å²) in [7, 11) is 0. The topological polar surface area (TPSA) is 15.3 Å². The maximum Gasteiger partial charge on any atom is 0.0308 e. The minimum atomic E-state index is 0.316. The van der Waals surface area contributed by atoms with Crippen LogP contribution in [-0.4, -0.2) is 29.6 Å². The Balaban J connectivity index is 1.75. The average molecular weight is 337 g/mol. The van der Waals surface area contributed by atoms with Crippen LogP contribution in [-0.2, 0) is 6.54 Å². The molecule has 0 radical (unpaired) electrons. The third-order valence-electron chi connectivity index (χ3n) is 5.00. The van der Waals surface area contributed by atoms with E-state index in [1.807, 2.05) is 0 Å². The number of rotatable bonds is 3. The van der Waals surface area contributed by atoms with E-state index in [1.54, 1.807) is 0 Å². The molecule has 0 bridgehead atoms. The summed E-state index contributed by atoms with van der Waals surface area (Å²) in [5, 5.41) is 3.83. The number of hydrogen-bond acceptors (Lipinski definition) is 2. The van der Waals surface area contributed by atoms with Gasteiger partial charge in [-0.3, -0.25) is 4.90 Å². The van der Waals surface area contributed by atoms with Gasteiger partial charge in [0, 0.05) is 29.1 Å². The minimum Gasteiger partial charge on any atom is -0.310 e. The molecule has 3 heteroatoms. The average Bonchev–Trinajstić information content (AvgIpc) is 3.21. The Hall–Kier alpha value is -0.380. The zero-order valence-corrected chi connectivity index (χ0v) is 14.1. The molecule has 2 aliphatic rings. The van der Waals surface area contributed by atoms with Crippen LogP contribution in [0.4, 0.5) is 0 Å². The highest BCUT2D eigenvalue weighted by atomic mass is 79.9. The van der Waals surface area contributed by atoms with Gasteiger partial charge in [-0.05, 0) is 63.3 Å². The quantitative estimate of drug-likeness (QED) is 0.902. The van der Waals surface area contributed by atoms with Crippen molar-refractivity contribution in [3.05, 3.63) is 34.3 Å². The molecule has 1 aliphatic heterocycles. The van der Waals surface area contributed by atoms with Crippen molar-refractivity contribution in [3.8, 4) is 0 Å². The molecule has 1 aromatic carbocycles. The molecule has 1 heterocycles. The van der Waals surface area contributed by atoms with E-state index >= 15 is 0 Å².